The lowest BCUT2D eigenvalue weighted by Crippen LogP contribution is -2.33. The van der Waals surface area contributed by atoms with E-state index in [1.807, 2.05) is 4.90 Å². The predicted molar refractivity (Wildman–Crippen MR) is 83.9 cm³/mol. The van der Waals surface area contributed by atoms with Gasteiger partial charge in [0.15, 0.2) is 0 Å². The van der Waals surface area contributed by atoms with Gasteiger partial charge in [0.05, 0.1) is 0 Å². The topological polar surface area (TPSA) is 41.6 Å². The standard InChI is InChI=1S/C17H25FN2O2/c1-22-10-2-9-20(13-14-3-5-16(18)6-4-14)17(21)11-15-7-8-19-12-15/h3-6,15,19H,2,7-13H2,1H3/t15-/m1/s1. The number of ether oxygens (including phenoxy) is 1. The third-order valence-electron chi connectivity index (χ3n) is 4.04. The summed E-state index contributed by atoms with van der Waals surface area (Å²) in [5.41, 5.74) is 0.955. The van der Waals surface area contributed by atoms with E-state index in [0.717, 1.165) is 31.5 Å². The van der Waals surface area contributed by atoms with Crippen molar-refractivity contribution in [3.05, 3.63) is 35.6 Å². The molecule has 1 heterocycles. The Labute approximate surface area is 131 Å². The number of benzene rings is 1. The van der Waals surface area contributed by atoms with Gasteiger partial charge in [0.2, 0.25) is 5.91 Å². The van der Waals surface area contributed by atoms with Crippen molar-refractivity contribution >= 4 is 5.91 Å². The van der Waals surface area contributed by atoms with E-state index in [9.17, 15) is 9.18 Å². The summed E-state index contributed by atoms with van der Waals surface area (Å²) >= 11 is 0. The molecular formula is C17H25FN2O2. The molecule has 2 rings (SSSR count). The van der Waals surface area contributed by atoms with Crippen LogP contribution < -0.4 is 5.32 Å². The lowest BCUT2D eigenvalue weighted by molar-refractivity contribution is -0.132. The maximum absolute atomic E-state index is 13.0. The van der Waals surface area contributed by atoms with Gasteiger partial charge in [0.1, 0.15) is 5.82 Å². The summed E-state index contributed by atoms with van der Waals surface area (Å²) in [6.45, 7) is 3.76. The molecule has 1 amide bonds. The number of carbonyl (C=O) groups is 1. The van der Waals surface area contributed by atoms with Gasteiger partial charge >= 0.3 is 0 Å². The van der Waals surface area contributed by atoms with E-state index in [2.05, 4.69) is 5.32 Å². The lowest BCUT2D eigenvalue weighted by atomic mass is 10.0. The molecule has 0 bridgehead atoms. The van der Waals surface area contributed by atoms with E-state index in [0.29, 0.717) is 32.0 Å². The van der Waals surface area contributed by atoms with Gasteiger partial charge in [-0.1, -0.05) is 12.1 Å². The average Bonchev–Trinajstić information content (AvgIpc) is 3.01. The number of halogens is 1. The van der Waals surface area contributed by atoms with Gasteiger partial charge < -0.3 is 15.0 Å². The van der Waals surface area contributed by atoms with Crippen LogP contribution in [0.3, 0.4) is 0 Å². The highest BCUT2D eigenvalue weighted by molar-refractivity contribution is 5.76. The minimum atomic E-state index is -0.252. The summed E-state index contributed by atoms with van der Waals surface area (Å²) in [4.78, 5) is 14.4. The van der Waals surface area contributed by atoms with Crippen LogP contribution in [-0.4, -0.2) is 44.2 Å². The second-order valence-corrected chi connectivity index (χ2v) is 5.85. The van der Waals surface area contributed by atoms with Gasteiger partial charge in [-0.2, -0.15) is 0 Å². The van der Waals surface area contributed by atoms with Gasteiger partial charge in [-0.05, 0) is 49.5 Å². The Morgan fingerprint density at radius 2 is 2.18 bits per heavy atom. The van der Waals surface area contributed by atoms with Crippen LogP contribution in [0.2, 0.25) is 0 Å². The lowest BCUT2D eigenvalue weighted by Gasteiger charge is -2.24. The first-order valence-corrected chi connectivity index (χ1v) is 7.91. The molecule has 0 spiro atoms. The Balaban J connectivity index is 1.94. The molecule has 0 aromatic heterocycles. The van der Waals surface area contributed by atoms with Gasteiger partial charge in [0, 0.05) is 33.2 Å². The highest BCUT2D eigenvalue weighted by Crippen LogP contribution is 2.16. The van der Waals surface area contributed by atoms with E-state index in [1.165, 1.54) is 12.1 Å². The normalized spacial score (nSPS) is 17.6. The maximum Gasteiger partial charge on any atom is 0.223 e. The summed E-state index contributed by atoms with van der Waals surface area (Å²) in [5.74, 6) is 0.359. The first-order chi connectivity index (χ1) is 10.7. The van der Waals surface area contributed by atoms with E-state index < -0.39 is 0 Å². The molecule has 0 unspecified atom stereocenters. The van der Waals surface area contributed by atoms with Crippen molar-refractivity contribution in [2.24, 2.45) is 5.92 Å². The number of hydrogen-bond acceptors (Lipinski definition) is 3. The molecule has 1 aromatic carbocycles. The Bertz CT molecular complexity index is 458. The summed E-state index contributed by atoms with van der Waals surface area (Å²) in [5, 5.41) is 3.29. The van der Waals surface area contributed by atoms with Crippen LogP contribution >= 0.6 is 0 Å². The number of carbonyl (C=O) groups excluding carboxylic acids is 1. The Hall–Kier alpha value is -1.46. The van der Waals surface area contributed by atoms with Crippen LogP contribution in [0.1, 0.15) is 24.8 Å². The SMILES string of the molecule is COCCCN(Cc1ccc(F)cc1)C(=O)C[C@H]1CCNC1. The fraction of sp³-hybridized carbons (Fsp3) is 0.588. The zero-order valence-corrected chi connectivity index (χ0v) is 13.2. The van der Waals surface area contributed by atoms with Crippen molar-refractivity contribution in [3.63, 3.8) is 0 Å². The van der Waals surface area contributed by atoms with Crippen molar-refractivity contribution in [2.75, 3.05) is 33.4 Å². The highest BCUT2D eigenvalue weighted by Gasteiger charge is 2.21. The van der Waals surface area contributed by atoms with E-state index in [4.69, 9.17) is 4.74 Å². The number of amides is 1. The summed E-state index contributed by atoms with van der Waals surface area (Å²) in [6.07, 6.45) is 2.46. The molecule has 1 aromatic rings. The molecule has 1 saturated heterocycles. The molecular weight excluding hydrogens is 283 g/mol. The zero-order chi connectivity index (χ0) is 15.8. The van der Waals surface area contributed by atoms with Crippen LogP contribution in [0, 0.1) is 11.7 Å². The minimum absolute atomic E-state index is 0.175. The molecule has 0 radical (unpaired) electrons. The Morgan fingerprint density at radius 1 is 1.41 bits per heavy atom. The largest absolute Gasteiger partial charge is 0.385 e. The fourth-order valence-electron chi connectivity index (χ4n) is 2.77. The van der Waals surface area contributed by atoms with Crippen molar-refractivity contribution < 1.29 is 13.9 Å². The maximum atomic E-state index is 13.0. The van der Waals surface area contributed by atoms with Crippen LogP contribution in [0.4, 0.5) is 4.39 Å². The monoisotopic (exact) mass is 308 g/mol. The second kappa shape index (κ2) is 8.86. The molecule has 0 aliphatic carbocycles. The quantitative estimate of drug-likeness (QED) is 0.749. The van der Waals surface area contributed by atoms with Gasteiger partial charge in [-0.3, -0.25) is 4.79 Å². The summed E-state index contributed by atoms with van der Waals surface area (Å²) < 4.78 is 18.1. The summed E-state index contributed by atoms with van der Waals surface area (Å²) in [7, 11) is 1.66. The van der Waals surface area contributed by atoms with E-state index >= 15 is 0 Å². The van der Waals surface area contributed by atoms with Crippen molar-refractivity contribution in [3.8, 4) is 0 Å². The van der Waals surface area contributed by atoms with Crippen molar-refractivity contribution in [1.82, 2.24) is 10.2 Å². The molecule has 1 atom stereocenters. The molecule has 0 saturated carbocycles. The third kappa shape index (κ3) is 5.39. The molecule has 1 aliphatic rings. The Kier molecular flexibility index (Phi) is 6.80. The highest BCUT2D eigenvalue weighted by atomic mass is 19.1. The number of methoxy groups -OCH3 is 1. The summed E-state index contributed by atoms with van der Waals surface area (Å²) in [6, 6.07) is 6.36. The number of hydrogen-bond donors (Lipinski definition) is 1. The number of rotatable bonds is 8. The smallest absolute Gasteiger partial charge is 0.223 e. The van der Waals surface area contributed by atoms with Crippen molar-refractivity contribution in [2.45, 2.75) is 25.8 Å². The van der Waals surface area contributed by atoms with Crippen LogP contribution in [-0.2, 0) is 16.1 Å². The first kappa shape index (κ1) is 16.9. The minimum Gasteiger partial charge on any atom is -0.385 e. The van der Waals surface area contributed by atoms with E-state index in [1.54, 1.807) is 19.2 Å². The molecule has 1 N–H and O–H groups in total. The first-order valence-electron chi connectivity index (χ1n) is 7.91. The predicted octanol–water partition coefficient (Wildman–Crippen LogP) is 2.19. The van der Waals surface area contributed by atoms with Crippen LogP contribution in [0.25, 0.3) is 0 Å². The van der Waals surface area contributed by atoms with Crippen LogP contribution in [0.5, 0.6) is 0 Å². The fourth-order valence-corrected chi connectivity index (χ4v) is 2.77. The number of nitrogens with zero attached hydrogens (tertiary/aromatic N) is 1. The average molecular weight is 308 g/mol. The second-order valence-electron chi connectivity index (χ2n) is 5.85. The van der Waals surface area contributed by atoms with Crippen LogP contribution in [0.15, 0.2) is 24.3 Å². The zero-order valence-electron chi connectivity index (χ0n) is 13.2. The molecule has 1 aliphatic heterocycles. The molecule has 4 nitrogen and oxygen atoms in total. The Morgan fingerprint density at radius 3 is 2.82 bits per heavy atom. The van der Waals surface area contributed by atoms with Gasteiger partial charge in [-0.25, -0.2) is 4.39 Å². The molecule has 122 valence electrons. The van der Waals surface area contributed by atoms with Gasteiger partial charge in [-0.15, -0.1) is 0 Å². The van der Waals surface area contributed by atoms with Gasteiger partial charge in [0.25, 0.3) is 0 Å². The van der Waals surface area contributed by atoms with E-state index in [-0.39, 0.29) is 11.7 Å². The molecule has 22 heavy (non-hydrogen) atoms. The van der Waals surface area contributed by atoms with Crippen molar-refractivity contribution in [1.29, 1.82) is 0 Å². The number of nitrogens with one attached hydrogen (secondary N) is 1. The molecule has 5 heteroatoms. The third-order valence-corrected chi connectivity index (χ3v) is 4.04. The molecule has 1 fully saturated rings.